The van der Waals surface area contributed by atoms with Crippen LogP contribution in [0, 0.1) is 24.7 Å². The zero-order chi connectivity index (χ0) is 9.71. The molecule has 74 valence electrons. The van der Waals surface area contributed by atoms with Crippen LogP contribution >= 0.6 is 0 Å². The van der Waals surface area contributed by atoms with Crippen molar-refractivity contribution < 1.29 is 0 Å². The summed E-state index contributed by atoms with van der Waals surface area (Å²) < 4.78 is 0. The van der Waals surface area contributed by atoms with Gasteiger partial charge in [-0.05, 0) is 36.3 Å². The minimum absolute atomic E-state index is 0.957. The highest BCUT2D eigenvalue weighted by Crippen LogP contribution is 2.51. The zero-order valence-corrected chi connectivity index (χ0v) is 8.77. The lowest BCUT2D eigenvalue weighted by Crippen LogP contribution is -2.24. The van der Waals surface area contributed by atoms with Gasteiger partial charge in [-0.1, -0.05) is 13.0 Å². The maximum absolute atomic E-state index is 4.47. The van der Waals surface area contributed by atoms with Crippen LogP contribution < -0.4 is 4.90 Å². The average molecular weight is 188 g/mol. The van der Waals surface area contributed by atoms with E-state index in [1.807, 2.05) is 6.20 Å². The molecular weight excluding hydrogens is 172 g/mol. The number of hydrogen-bond donors (Lipinski definition) is 0. The summed E-state index contributed by atoms with van der Waals surface area (Å²) >= 11 is 0. The molecule has 1 aliphatic carbocycles. The number of piperidine rings is 1. The second-order valence-electron chi connectivity index (χ2n) is 4.79. The number of pyridine rings is 1. The molecule has 1 aliphatic heterocycles. The van der Waals surface area contributed by atoms with Gasteiger partial charge in [0.15, 0.2) is 0 Å². The van der Waals surface area contributed by atoms with Gasteiger partial charge in [-0.2, -0.15) is 0 Å². The summed E-state index contributed by atoms with van der Waals surface area (Å²) in [5.41, 5.74) is 1.24. The zero-order valence-electron chi connectivity index (χ0n) is 8.77. The van der Waals surface area contributed by atoms with Crippen molar-refractivity contribution >= 4 is 5.82 Å². The Balaban J connectivity index is 1.76. The van der Waals surface area contributed by atoms with E-state index >= 15 is 0 Å². The normalized spacial score (nSPS) is 34.4. The van der Waals surface area contributed by atoms with Gasteiger partial charge in [-0.15, -0.1) is 0 Å². The molecule has 2 heteroatoms. The quantitative estimate of drug-likeness (QED) is 0.671. The third-order valence-corrected chi connectivity index (χ3v) is 3.84. The molecule has 1 aromatic rings. The van der Waals surface area contributed by atoms with Crippen LogP contribution in [0.25, 0.3) is 0 Å². The van der Waals surface area contributed by atoms with E-state index < -0.39 is 0 Å². The molecule has 1 saturated heterocycles. The van der Waals surface area contributed by atoms with E-state index in [-0.39, 0.29) is 0 Å². The summed E-state index contributed by atoms with van der Waals surface area (Å²) in [7, 11) is 0. The first-order chi connectivity index (χ1) is 6.75. The predicted octanol–water partition coefficient (Wildman–Crippen LogP) is 2.09. The Kier molecular flexibility index (Phi) is 1.61. The van der Waals surface area contributed by atoms with Crippen molar-refractivity contribution in [3.63, 3.8) is 0 Å². The minimum Gasteiger partial charge on any atom is -0.356 e. The number of nitrogens with zero attached hydrogens (tertiary/aromatic N) is 2. The van der Waals surface area contributed by atoms with Gasteiger partial charge < -0.3 is 4.90 Å². The topological polar surface area (TPSA) is 16.1 Å². The number of rotatable bonds is 1. The third-order valence-electron chi connectivity index (χ3n) is 3.84. The Bertz CT molecular complexity index is 332. The SMILES string of the molecule is Cc1ccc(N2CC3C(C)C3C2)nc1. The van der Waals surface area contributed by atoms with Crippen LogP contribution in [0.1, 0.15) is 12.5 Å². The number of aromatic nitrogens is 1. The molecule has 0 N–H and O–H groups in total. The molecule has 0 spiro atoms. The smallest absolute Gasteiger partial charge is 0.128 e. The number of anilines is 1. The standard InChI is InChI=1S/C12H16N2/c1-8-3-4-12(13-5-8)14-6-10-9(2)11(10)7-14/h3-5,9-11H,6-7H2,1-2H3. The van der Waals surface area contributed by atoms with Crippen LogP contribution in [0.15, 0.2) is 18.3 Å². The van der Waals surface area contributed by atoms with Gasteiger partial charge >= 0.3 is 0 Å². The molecule has 2 fully saturated rings. The van der Waals surface area contributed by atoms with E-state index in [9.17, 15) is 0 Å². The molecule has 2 atom stereocenters. The van der Waals surface area contributed by atoms with Crippen LogP contribution in [-0.4, -0.2) is 18.1 Å². The van der Waals surface area contributed by atoms with Gasteiger partial charge in [0.05, 0.1) is 0 Å². The fourth-order valence-electron chi connectivity index (χ4n) is 2.66. The van der Waals surface area contributed by atoms with Crippen molar-refractivity contribution in [2.75, 3.05) is 18.0 Å². The number of aryl methyl sites for hydroxylation is 1. The van der Waals surface area contributed by atoms with Crippen LogP contribution in [0.5, 0.6) is 0 Å². The van der Waals surface area contributed by atoms with Gasteiger partial charge in [-0.25, -0.2) is 4.98 Å². The van der Waals surface area contributed by atoms with E-state index in [0.717, 1.165) is 23.6 Å². The van der Waals surface area contributed by atoms with Crippen molar-refractivity contribution in [2.24, 2.45) is 17.8 Å². The van der Waals surface area contributed by atoms with Crippen molar-refractivity contribution in [1.29, 1.82) is 0 Å². The number of hydrogen-bond acceptors (Lipinski definition) is 2. The molecule has 14 heavy (non-hydrogen) atoms. The fraction of sp³-hybridized carbons (Fsp3) is 0.583. The Morgan fingerprint density at radius 1 is 1.29 bits per heavy atom. The van der Waals surface area contributed by atoms with E-state index in [4.69, 9.17) is 0 Å². The molecule has 0 radical (unpaired) electrons. The van der Waals surface area contributed by atoms with Crippen molar-refractivity contribution in [1.82, 2.24) is 4.98 Å². The summed E-state index contributed by atoms with van der Waals surface area (Å²) in [6, 6.07) is 4.29. The lowest BCUT2D eigenvalue weighted by atomic mass is 10.3. The molecule has 3 rings (SSSR count). The molecule has 0 bridgehead atoms. The third kappa shape index (κ3) is 1.13. The highest BCUT2D eigenvalue weighted by molar-refractivity contribution is 5.42. The predicted molar refractivity (Wildman–Crippen MR) is 57.3 cm³/mol. The molecule has 0 aromatic carbocycles. The Morgan fingerprint density at radius 2 is 2.00 bits per heavy atom. The molecule has 0 amide bonds. The number of fused-ring (bicyclic) bond motifs is 1. The molecule has 1 saturated carbocycles. The van der Waals surface area contributed by atoms with Gasteiger partial charge in [0.25, 0.3) is 0 Å². The van der Waals surface area contributed by atoms with E-state index in [0.29, 0.717) is 0 Å². The van der Waals surface area contributed by atoms with Crippen LogP contribution in [0.3, 0.4) is 0 Å². The van der Waals surface area contributed by atoms with Crippen molar-refractivity contribution in [3.05, 3.63) is 23.9 Å². The monoisotopic (exact) mass is 188 g/mol. The Labute approximate surface area is 85.0 Å². The molecule has 2 nitrogen and oxygen atoms in total. The Morgan fingerprint density at radius 3 is 2.57 bits per heavy atom. The molecule has 2 aliphatic rings. The maximum Gasteiger partial charge on any atom is 0.128 e. The molecule has 2 heterocycles. The average Bonchev–Trinajstić information content (AvgIpc) is 2.66. The lowest BCUT2D eigenvalue weighted by Gasteiger charge is -2.19. The summed E-state index contributed by atoms with van der Waals surface area (Å²) in [4.78, 5) is 6.89. The first-order valence-electron chi connectivity index (χ1n) is 5.43. The van der Waals surface area contributed by atoms with Gasteiger partial charge in [0.1, 0.15) is 5.82 Å². The van der Waals surface area contributed by atoms with Gasteiger partial charge in [0.2, 0.25) is 0 Å². The summed E-state index contributed by atoms with van der Waals surface area (Å²) in [6.07, 6.45) is 1.96. The van der Waals surface area contributed by atoms with Crippen molar-refractivity contribution in [2.45, 2.75) is 13.8 Å². The summed E-state index contributed by atoms with van der Waals surface area (Å²) in [6.45, 7) is 6.90. The van der Waals surface area contributed by atoms with E-state index in [2.05, 4.69) is 35.9 Å². The van der Waals surface area contributed by atoms with E-state index in [1.54, 1.807) is 0 Å². The van der Waals surface area contributed by atoms with Gasteiger partial charge in [-0.3, -0.25) is 0 Å². The second-order valence-corrected chi connectivity index (χ2v) is 4.79. The van der Waals surface area contributed by atoms with Crippen LogP contribution in [-0.2, 0) is 0 Å². The first-order valence-corrected chi connectivity index (χ1v) is 5.43. The van der Waals surface area contributed by atoms with E-state index in [1.165, 1.54) is 18.7 Å². The second kappa shape index (κ2) is 2.72. The first kappa shape index (κ1) is 8.27. The Hall–Kier alpha value is -1.05. The highest BCUT2D eigenvalue weighted by atomic mass is 15.2. The van der Waals surface area contributed by atoms with Crippen LogP contribution in [0.4, 0.5) is 5.82 Å². The molecule has 1 aromatic heterocycles. The molecular formula is C12H16N2. The van der Waals surface area contributed by atoms with Crippen LogP contribution in [0.2, 0.25) is 0 Å². The maximum atomic E-state index is 4.47. The highest BCUT2D eigenvalue weighted by Gasteiger charge is 2.52. The van der Waals surface area contributed by atoms with Gasteiger partial charge in [0, 0.05) is 19.3 Å². The fourth-order valence-corrected chi connectivity index (χ4v) is 2.66. The molecule has 2 unspecified atom stereocenters. The van der Waals surface area contributed by atoms with Crippen molar-refractivity contribution in [3.8, 4) is 0 Å². The summed E-state index contributed by atoms with van der Waals surface area (Å²) in [5.74, 6) is 4.04. The lowest BCUT2D eigenvalue weighted by molar-refractivity contribution is 0.684. The summed E-state index contributed by atoms with van der Waals surface area (Å²) in [5, 5.41) is 0. The largest absolute Gasteiger partial charge is 0.356 e. The minimum atomic E-state index is 0.957.